The quantitative estimate of drug-likeness (QED) is 0.125. The summed E-state index contributed by atoms with van der Waals surface area (Å²) in [6.45, 7) is 26.3. The van der Waals surface area contributed by atoms with Crippen molar-refractivity contribution in [2.75, 3.05) is 0 Å². The fourth-order valence-electron chi connectivity index (χ4n) is 8.69. The summed E-state index contributed by atoms with van der Waals surface area (Å²) in [4.78, 5) is 0. The van der Waals surface area contributed by atoms with Crippen LogP contribution in [0.25, 0.3) is 49.9 Å². The van der Waals surface area contributed by atoms with Crippen LogP contribution in [-0.2, 0) is 0 Å². The summed E-state index contributed by atoms with van der Waals surface area (Å²) in [5.41, 5.74) is 31.2. The van der Waals surface area contributed by atoms with Crippen molar-refractivity contribution in [2.45, 2.75) is 83.1 Å². The number of hydrogen-bond donors (Lipinski definition) is 1. The van der Waals surface area contributed by atoms with Gasteiger partial charge in [-0.2, -0.15) is 0 Å². The zero-order valence-corrected chi connectivity index (χ0v) is 38.4. The molecule has 6 rings (SSSR count). The second kappa shape index (κ2) is 16.3. The van der Waals surface area contributed by atoms with Gasteiger partial charge in [0.2, 0.25) is 0 Å². The van der Waals surface area contributed by atoms with Crippen molar-refractivity contribution in [3.63, 3.8) is 0 Å². The van der Waals surface area contributed by atoms with E-state index in [1.165, 1.54) is 89.0 Å². The Hall–Kier alpha value is -3.47. The van der Waals surface area contributed by atoms with Crippen LogP contribution in [0.2, 0.25) is 0 Å². The summed E-state index contributed by atoms with van der Waals surface area (Å²) in [6, 6.07) is 31.3. The van der Waals surface area contributed by atoms with Gasteiger partial charge in [-0.1, -0.05) is 112 Å². The third-order valence-corrected chi connectivity index (χ3v) is 10.2. The number of aryl methyl sites for hydroxylation is 12. The fourth-order valence-corrected chi connectivity index (χ4v) is 8.69. The molecule has 52 heavy (non-hydrogen) atoms. The first-order chi connectivity index (χ1) is 24.2. The summed E-state index contributed by atoms with van der Waals surface area (Å²) < 4.78 is 0. The van der Waals surface area contributed by atoms with Gasteiger partial charge in [0.05, 0.1) is 5.69 Å². The van der Waals surface area contributed by atoms with Gasteiger partial charge < -0.3 is 0 Å². The van der Waals surface area contributed by atoms with E-state index in [1.807, 2.05) is 0 Å². The van der Waals surface area contributed by atoms with Gasteiger partial charge in [0.15, 0.2) is 0 Å². The van der Waals surface area contributed by atoms with Gasteiger partial charge in [-0.15, -0.1) is 5.43 Å². The maximum Gasteiger partial charge on any atom is 1.00 e. The normalized spacial score (nSPS) is 11.2. The molecule has 0 aliphatic heterocycles. The average Bonchev–Trinajstić information content (AvgIpc) is 3.01. The Morgan fingerprint density at radius 2 is 0.635 bits per heavy atom. The minimum absolute atomic E-state index is 0. The van der Waals surface area contributed by atoms with Crippen molar-refractivity contribution in [3.8, 4) is 44.5 Å². The zero-order chi connectivity index (χ0) is 36.7. The van der Waals surface area contributed by atoms with Gasteiger partial charge in [0.25, 0.3) is 0 Å². The van der Waals surface area contributed by atoms with Crippen LogP contribution in [0, 0.1) is 83.1 Å². The van der Waals surface area contributed by atoms with Crippen LogP contribution in [0.3, 0.4) is 0 Å². The molecule has 0 atom stereocenters. The molecule has 6 aromatic rings. The van der Waals surface area contributed by atoms with E-state index in [0.29, 0.717) is 0 Å². The van der Waals surface area contributed by atoms with E-state index < -0.39 is 0 Å². The molecule has 0 fully saturated rings. The Kier molecular flexibility index (Phi) is 12.4. The summed E-state index contributed by atoms with van der Waals surface area (Å²) >= 11 is 0. The van der Waals surface area contributed by atoms with Crippen molar-refractivity contribution >= 4 is 11.4 Å². The molecule has 6 aromatic carbocycles. The number of nitrogens with one attached hydrogen (secondary N) is 1. The van der Waals surface area contributed by atoms with Gasteiger partial charge in [0, 0.05) is 22.3 Å². The van der Waals surface area contributed by atoms with E-state index in [2.05, 4.69) is 173 Å². The predicted molar refractivity (Wildman–Crippen MR) is 218 cm³/mol. The number of para-hydroxylation sites is 1. The van der Waals surface area contributed by atoms with Crippen molar-refractivity contribution in [1.82, 2.24) is 0 Å². The molecule has 0 aliphatic rings. The first-order valence-electron chi connectivity index (χ1n) is 18.0. The van der Waals surface area contributed by atoms with Crippen LogP contribution in [-0.4, -0.2) is 0 Å². The molecule has 0 amide bonds. The second-order valence-corrected chi connectivity index (χ2v) is 14.8. The SMILES string of the molecule is Cc1cc(C)c(-c2cccc(-c3c(C)cc(C)cc3C)c2[N-]N=[NH+]c2c(-c3c(C)cc(C)cc3C)cccc2-c2c(C)cc(C)cc2C)c(C)c1.[Rb+]. The van der Waals surface area contributed by atoms with Gasteiger partial charge >= 0.3 is 58.2 Å². The monoisotopic (exact) mass is 754 g/mol. The topological polar surface area (TPSA) is 40.4 Å². The Bertz CT molecular complexity index is 2120. The first-order valence-corrected chi connectivity index (χ1v) is 18.0. The van der Waals surface area contributed by atoms with E-state index in [1.54, 1.807) is 0 Å². The molecule has 258 valence electrons. The smallest absolute Gasteiger partial charge is 0.259 e. The Balaban J connectivity index is 0.00000523. The second-order valence-electron chi connectivity index (χ2n) is 14.8. The number of nitrogens with zero attached hydrogens (tertiary/aromatic N) is 2. The molecule has 0 aromatic heterocycles. The summed E-state index contributed by atoms with van der Waals surface area (Å²) in [7, 11) is 0. The Morgan fingerprint density at radius 3 is 0.923 bits per heavy atom. The minimum atomic E-state index is 0. The molecule has 0 radical (unpaired) electrons. The zero-order valence-electron chi connectivity index (χ0n) is 33.5. The van der Waals surface area contributed by atoms with E-state index in [4.69, 9.17) is 10.6 Å². The minimum Gasteiger partial charge on any atom is -0.259 e. The molecular formula is C48H51N3Rb+. The van der Waals surface area contributed by atoms with E-state index in [0.717, 1.165) is 33.6 Å². The van der Waals surface area contributed by atoms with Crippen LogP contribution in [0.1, 0.15) is 66.8 Å². The van der Waals surface area contributed by atoms with Crippen LogP contribution in [0.5, 0.6) is 0 Å². The third kappa shape index (κ3) is 7.89. The molecule has 0 spiro atoms. The average molecular weight is 755 g/mol. The molecule has 0 saturated heterocycles. The van der Waals surface area contributed by atoms with Crippen molar-refractivity contribution in [3.05, 3.63) is 157 Å². The standard InChI is InChI=1S/C48H50N3.Rb/c1-27-19-31(5)43(32(6)20-27)39-15-13-16-40(44-33(7)21-28(2)22-34(44)8)47(39)49-51-50-48-41(45-35(9)23-29(3)24-36(45)10)17-14-18-42(48)46-37(11)25-30(4)26-38(46)12;/h13-26H,1-12H3;/q-1;+1/p+1. The van der Waals surface area contributed by atoms with Crippen molar-refractivity contribution in [2.24, 2.45) is 5.22 Å². The largest absolute Gasteiger partial charge is 1.00 e. The third-order valence-electron chi connectivity index (χ3n) is 10.2. The van der Waals surface area contributed by atoms with Crippen LogP contribution in [0.4, 0.5) is 11.4 Å². The molecule has 0 unspecified atom stereocenters. The molecule has 3 nitrogen and oxygen atoms in total. The van der Waals surface area contributed by atoms with E-state index in [9.17, 15) is 0 Å². The molecule has 0 saturated carbocycles. The van der Waals surface area contributed by atoms with Gasteiger partial charge in [0.1, 0.15) is 5.69 Å². The Morgan fingerprint density at radius 1 is 0.385 bits per heavy atom. The molecule has 1 N–H and O–H groups in total. The van der Waals surface area contributed by atoms with Crippen molar-refractivity contribution in [1.29, 1.82) is 0 Å². The first kappa shape index (κ1) is 39.7. The van der Waals surface area contributed by atoms with Crippen molar-refractivity contribution < 1.29 is 63.3 Å². The molecule has 4 heteroatoms. The maximum absolute atomic E-state index is 5.16. The number of hydrogen-bond acceptors (Lipinski definition) is 1. The van der Waals surface area contributed by atoms with Crippen LogP contribution >= 0.6 is 0 Å². The number of rotatable bonds is 7. The van der Waals surface area contributed by atoms with Crippen LogP contribution < -0.4 is 63.3 Å². The molecule has 0 aliphatic carbocycles. The van der Waals surface area contributed by atoms with Gasteiger partial charge in [-0.05, 0) is 150 Å². The van der Waals surface area contributed by atoms with Gasteiger partial charge in [-0.3, -0.25) is 5.11 Å². The predicted octanol–water partition coefficient (Wildman–Crippen LogP) is 9.84. The summed E-state index contributed by atoms with van der Waals surface area (Å²) in [5, 5.41) is 8.50. The van der Waals surface area contributed by atoms with Gasteiger partial charge in [-0.25, -0.2) is 0 Å². The fraction of sp³-hybridized carbons (Fsp3) is 0.250. The number of benzene rings is 6. The maximum atomic E-state index is 5.16. The molecular weight excluding hydrogens is 704 g/mol. The molecule has 0 bridgehead atoms. The molecule has 0 heterocycles. The van der Waals surface area contributed by atoms with E-state index in [-0.39, 0.29) is 58.2 Å². The van der Waals surface area contributed by atoms with Crippen LogP contribution in [0.15, 0.2) is 90.2 Å². The van der Waals surface area contributed by atoms with E-state index >= 15 is 0 Å². The summed E-state index contributed by atoms with van der Waals surface area (Å²) in [6.07, 6.45) is 0. The summed E-state index contributed by atoms with van der Waals surface area (Å²) in [5.74, 6) is 0. The Labute approximate surface area is 360 Å².